The van der Waals surface area contributed by atoms with Gasteiger partial charge in [-0.1, -0.05) is 31.9 Å². The summed E-state index contributed by atoms with van der Waals surface area (Å²) in [5, 5.41) is 1.87. The molecule has 3 atom stereocenters. The molecule has 1 aliphatic heterocycles. The Bertz CT molecular complexity index is 162. The van der Waals surface area contributed by atoms with Gasteiger partial charge in [-0.3, -0.25) is 0 Å². The van der Waals surface area contributed by atoms with Crippen LogP contribution in [0.5, 0.6) is 0 Å². The summed E-state index contributed by atoms with van der Waals surface area (Å²) in [5.41, 5.74) is 0. The van der Waals surface area contributed by atoms with Crippen LogP contribution in [0, 0.1) is 5.92 Å². The van der Waals surface area contributed by atoms with E-state index in [1.807, 2.05) is 0 Å². The molecule has 3 unspecified atom stereocenters. The zero-order chi connectivity index (χ0) is 7.68. The lowest BCUT2D eigenvalue weighted by molar-refractivity contribution is 0.575. The van der Waals surface area contributed by atoms with Gasteiger partial charge in [0.2, 0.25) is 0 Å². The molecule has 0 spiro atoms. The standard InChI is InChI=1S/C10H16S/c1-2-3-4-10-8-5-6-9(7-8)11-10/h5-6,8-10H,2-4,7H2,1H3. The molecule has 1 heterocycles. The third-order valence-electron chi connectivity index (χ3n) is 2.75. The van der Waals surface area contributed by atoms with Gasteiger partial charge in [-0.05, 0) is 18.8 Å². The lowest BCUT2D eigenvalue weighted by atomic mass is 10.0. The van der Waals surface area contributed by atoms with Crippen LogP contribution < -0.4 is 0 Å². The maximum atomic E-state index is 2.45. The van der Waals surface area contributed by atoms with Crippen LogP contribution in [0.2, 0.25) is 0 Å². The van der Waals surface area contributed by atoms with Crippen molar-refractivity contribution in [3.8, 4) is 0 Å². The topological polar surface area (TPSA) is 0 Å². The van der Waals surface area contributed by atoms with Crippen molar-refractivity contribution in [3.63, 3.8) is 0 Å². The minimum atomic E-state index is 0.891. The van der Waals surface area contributed by atoms with E-state index in [-0.39, 0.29) is 0 Å². The van der Waals surface area contributed by atoms with Gasteiger partial charge in [0, 0.05) is 10.5 Å². The first-order chi connectivity index (χ1) is 5.40. The van der Waals surface area contributed by atoms with Gasteiger partial charge >= 0.3 is 0 Å². The number of thioether (sulfide) groups is 1. The maximum absolute atomic E-state index is 2.45. The minimum absolute atomic E-state index is 0.891. The quantitative estimate of drug-likeness (QED) is 0.583. The normalized spacial score (nSPS) is 40.3. The van der Waals surface area contributed by atoms with E-state index in [9.17, 15) is 0 Å². The van der Waals surface area contributed by atoms with E-state index in [4.69, 9.17) is 0 Å². The molecular weight excluding hydrogens is 152 g/mol. The molecule has 0 N–H and O–H groups in total. The van der Waals surface area contributed by atoms with Crippen molar-refractivity contribution in [2.45, 2.75) is 43.1 Å². The number of allylic oxidation sites excluding steroid dienone is 1. The van der Waals surface area contributed by atoms with Gasteiger partial charge in [0.15, 0.2) is 0 Å². The van der Waals surface area contributed by atoms with Crippen LogP contribution in [-0.4, -0.2) is 10.5 Å². The third-order valence-corrected chi connectivity index (χ3v) is 4.38. The molecule has 1 fully saturated rings. The summed E-state index contributed by atoms with van der Waals surface area (Å²) in [7, 11) is 0. The van der Waals surface area contributed by atoms with Crippen molar-refractivity contribution in [1.82, 2.24) is 0 Å². The van der Waals surface area contributed by atoms with Gasteiger partial charge in [-0.2, -0.15) is 11.8 Å². The summed E-state index contributed by atoms with van der Waals surface area (Å²) in [6, 6.07) is 0. The van der Waals surface area contributed by atoms with Gasteiger partial charge in [-0.15, -0.1) is 0 Å². The number of unbranched alkanes of at least 4 members (excludes halogenated alkanes) is 1. The van der Waals surface area contributed by atoms with Crippen molar-refractivity contribution in [3.05, 3.63) is 12.2 Å². The van der Waals surface area contributed by atoms with Gasteiger partial charge in [0.25, 0.3) is 0 Å². The van der Waals surface area contributed by atoms with Crippen molar-refractivity contribution < 1.29 is 0 Å². The Morgan fingerprint density at radius 1 is 1.45 bits per heavy atom. The first-order valence-corrected chi connectivity index (χ1v) is 5.68. The Labute approximate surface area is 73.4 Å². The largest absolute Gasteiger partial charge is 0.150 e. The zero-order valence-electron chi connectivity index (χ0n) is 7.12. The van der Waals surface area contributed by atoms with Crippen molar-refractivity contribution >= 4 is 11.8 Å². The van der Waals surface area contributed by atoms with E-state index in [0.29, 0.717) is 0 Å². The monoisotopic (exact) mass is 168 g/mol. The minimum Gasteiger partial charge on any atom is -0.150 e. The first kappa shape index (κ1) is 7.72. The van der Waals surface area contributed by atoms with Crippen LogP contribution in [0.1, 0.15) is 32.6 Å². The Kier molecular flexibility index (Phi) is 2.26. The molecule has 0 aromatic heterocycles. The van der Waals surface area contributed by atoms with Crippen LogP contribution in [0.4, 0.5) is 0 Å². The van der Waals surface area contributed by atoms with Gasteiger partial charge in [-0.25, -0.2) is 0 Å². The first-order valence-electron chi connectivity index (χ1n) is 4.74. The van der Waals surface area contributed by atoms with Crippen molar-refractivity contribution in [2.24, 2.45) is 5.92 Å². The molecular formula is C10H16S. The highest BCUT2D eigenvalue weighted by Crippen LogP contribution is 2.46. The molecule has 1 heteroatoms. The molecule has 2 bridgehead atoms. The summed E-state index contributed by atoms with van der Waals surface area (Å²) in [5.74, 6) is 0.941. The fraction of sp³-hybridized carbons (Fsp3) is 0.800. The molecule has 0 aromatic rings. The van der Waals surface area contributed by atoms with Gasteiger partial charge in [0.1, 0.15) is 0 Å². The molecule has 0 saturated carbocycles. The molecule has 1 saturated heterocycles. The summed E-state index contributed by atoms with van der Waals surface area (Å²) in [4.78, 5) is 0. The molecule has 2 rings (SSSR count). The number of hydrogen-bond donors (Lipinski definition) is 0. The Balaban J connectivity index is 1.84. The fourth-order valence-electron chi connectivity index (χ4n) is 2.08. The maximum Gasteiger partial charge on any atom is 0.0236 e. The smallest absolute Gasteiger partial charge is 0.0236 e. The predicted octanol–water partition coefficient (Wildman–Crippen LogP) is 3.24. The lowest BCUT2D eigenvalue weighted by Gasteiger charge is -2.16. The Morgan fingerprint density at radius 2 is 2.36 bits per heavy atom. The molecule has 0 aromatic carbocycles. The molecule has 0 amide bonds. The Morgan fingerprint density at radius 3 is 2.91 bits per heavy atom. The second kappa shape index (κ2) is 3.22. The van der Waals surface area contributed by atoms with Gasteiger partial charge in [0.05, 0.1) is 0 Å². The van der Waals surface area contributed by atoms with E-state index in [2.05, 4.69) is 30.8 Å². The Hall–Kier alpha value is 0.0900. The summed E-state index contributed by atoms with van der Waals surface area (Å²) in [6.07, 6.45) is 10.5. The summed E-state index contributed by atoms with van der Waals surface area (Å²) in [6.45, 7) is 2.29. The van der Waals surface area contributed by atoms with Crippen LogP contribution in [-0.2, 0) is 0 Å². The molecule has 62 valence electrons. The average molecular weight is 168 g/mol. The summed E-state index contributed by atoms with van der Waals surface area (Å²) < 4.78 is 0. The van der Waals surface area contributed by atoms with E-state index < -0.39 is 0 Å². The third kappa shape index (κ3) is 1.48. The highest BCUT2D eigenvalue weighted by atomic mass is 32.2. The molecule has 2 aliphatic rings. The molecule has 0 nitrogen and oxygen atoms in total. The molecule has 11 heavy (non-hydrogen) atoms. The van der Waals surface area contributed by atoms with E-state index >= 15 is 0 Å². The van der Waals surface area contributed by atoms with Crippen LogP contribution in [0.3, 0.4) is 0 Å². The molecule has 0 radical (unpaired) electrons. The van der Waals surface area contributed by atoms with Crippen molar-refractivity contribution in [1.29, 1.82) is 0 Å². The van der Waals surface area contributed by atoms with E-state index in [1.54, 1.807) is 0 Å². The number of rotatable bonds is 3. The highest BCUT2D eigenvalue weighted by Gasteiger charge is 2.35. The van der Waals surface area contributed by atoms with Gasteiger partial charge < -0.3 is 0 Å². The SMILES string of the molecule is CCCCC1SC2C=CC1C2. The average Bonchev–Trinajstić information content (AvgIpc) is 2.60. The second-order valence-corrected chi connectivity index (χ2v) is 5.12. The summed E-state index contributed by atoms with van der Waals surface area (Å²) >= 11 is 2.21. The number of hydrogen-bond acceptors (Lipinski definition) is 1. The fourth-order valence-corrected chi connectivity index (χ4v) is 3.75. The van der Waals surface area contributed by atoms with Crippen LogP contribution in [0.15, 0.2) is 12.2 Å². The second-order valence-electron chi connectivity index (χ2n) is 3.64. The lowest BCUT2D eigenvalue weighted by Crippen LogP contribution is -2.08. The van der Waals surface area contributed by atoms with Crippen molar-refractivity contribution in [2.75, 3.05) is 0 Å². The zero-order valence-corrected chi connectivity index (χ0v) is 7.94. The van der Waals surface area contributed by atoms with Crippen LogP contribution in [0.25, 0.3) is 0 Å². The van der Waals surface area contributed by atoms with E-state index in [1.165, 1.54) is 25.7 Å². The molecule has 1 aliphatic carbocycles. The van der Waals surface area contributed by atoms with E-state index in [0.717, 1.165) is 16.4 Å². The number of fused-ring (bicyclic) bond motifs is 2. The van der Waals surface area contributed by atoms with Crippen LogP contribution >= 0.6 is 11.8 Å². The highest BCUT2D eigenvalue weighted by molar-refractivity contribution is 8.01. The predicted molar refractivity (Wildman–Crippen MR) is 51.9 cm³/mol.